The van der Waals surface area contributed by atoms with E-state index in [0.717, 1.165) is 32.3 Å². The van der Waals surface area contributed by atoms with Crippen molar-refractivity contribution in [2.75, 3.05) is 0 Å². The molecule has 6 heteroatoms. The van der Waals surface area contributed by atoms with E-state index in [-0.39, 0.29) is 17.5 Å². The number of thiophene rings is 1. The van der Waals surface area contributed by atoms with Crippen LogP contribution < -0.4 is 10.9 Å². The number of hydrogen-bond acceptors (Lipinski definition) is 4. The fourth-order valence-electron chi connectivity index (χ4n) is 4.52. The van der Waals surface area contributed by atoms with E-state index in [4.69, 9.17) is 0 Å². The molecule has 1 amide bonds. The van der Waals surface area contributed by atoms with E-state index in [9.17, 15) is 9.59 Å². The van der Waals surface area contributed by atoms with E-state index in [2.05, 4.69) is 24.3 Å². The molecule has 0 aliphatic heterocycles. The second-order valence-corrected chi connectivity index (χ2v) is 9.51. The number of nitrogens with one attached hydrogen (secondary N) is 1. The lowest BCUT2D eigenvalue weighted by atomic mass is 9.78. The number of nitrogens with zero attached hydrogens (tertiary/aromatic N) is 2. The Balaban J connectivity index is 1.45. The summed E-state index contributed by atoms with van der Waals surface area (Å²) in [6.07, 6.45) is 4.54. The van der Waals surface area contributed by atoms with Crippen LogP contribution in [0.15, 0.2) is 29.1 Å². The van der Waals surface area contributed by atoms with E-state index in [1.165, 1.54) is 17.5 Å². The highest BCUT2D eigenvalue weighted by Gasteiger charge is 2.27. The first-order chi connectivity index (χ1) is 14.0. The van der Waals surface area contributed by atoms with Crippen LogP contribution in [0.2, 0.25) is 0 Å². The maximum absolute atomic E-state index is 13.0. The van der Waals surface area contributed by atoms with Crippen molar-refractivity contribution in [2.24, 2.45) is 11.8 Å². The molecule has 0 spiro atoms. The maximum atomic E-state index is 13.0. The summed E-state index contributed by atoms with van der Waals surface area (Å²) in [4.78, 5) is 25.5. The van der Waals surface area contributed by atoms with Crippen LogP contribution in [0.3, 0.4) is 0 Å². The number of hydrogen-bond donors (Lipinski definition) is 1. The summed E-state index contributed by atoms with van der Waals surface area (Å²) in [6, 6.07) is 8.28. The molecule has 1 saturated carbocycles. The molecule has 1 aliphatic rings. The molecule has 0 radical (unpaired) electrons. The number of aryl methyl sites for hydroxylation is 2. The summed E-state index contributed by atoms with van der Waals surface area (Å²) in [5, 5.41) is 9.48. The molecule has 29 heavy (non-hydrogen) atoms. The topological polar surface area (TPSA) is 64.0 Å². The number of amides is 1. The minimum atomic E-state index is -0.0572. The molecule has 5 nitrogen and oxygen atoms in total. The summed E-state index contributed by atoms with van der Waals surface area (Å²) < 4.78 is 3.61. The predicted molar refractivity (Wildman–Crippen MR) is 119 cm³/mol. The van der Waals surface area contributed by atoms with Gasteiger partial charge < -0.3 is 5.32 Å². The molecule has 1 aliphatic carbocycles. The van der Waals surface area contributed by atoms with Crippen molar-refractivity contribution in [3.8, 4) is 0 Å². The van der Waals surface area contributed by atoms with Gasteiger partial charge >= 0.3 is 0 Å². The number of carbonyl (C=O) groups excluding carboxylic acids is 1. The van der Waals surface area contributed by atoms with Gasteiger partial charge in [0.15, 0.2) is 0 Å². The maximum Gasteiger partial charge on any atom is 0.276 e. The number of carbonyl (C=O) groups is 1. The van der Waals surface area contributed by atoms with Crippen molar-refractivity contribution in [1.82, 2.24) is 15.1 Å². The van der Waals surface area contributed by atoms with Crippen LogP contribution in [0.5, 0.6) is 0 Å². The van der Waals surface area contributed by atoms with Gasteiger partial charge in [-0.15, -0.1) is 11.3 Å². The second-order valence-electron chi connectivity index (χ2n) is 8.46. The van der Waals surface area contributed by atoms with Gasteiger partial charge in [0, 0.05) is 29.1 Å². The van der Waals surface area contributed by atoms with Crippen molar-refractivity contribution in [3.05, 3.63) is 40.3 Å². The zero-order valence-electron chi connectivity index (χ0n) is 17.4. The molecule has 0 bridgehead atoms. The lowest BCUT2D eigenvalue weighted by Gasteiger charge is -2.34. The number of benzene rings is 1. The smallest absolute Gasteiger partial charge is 0.276 e. The van der Waals surface area contributed by atoms with Crippen molar-refractivity contribution in [1.29, 1.82) is 0 Å². The van der Waals surface area contributed by atoms with Crippen LogP contribution in [0, 0.1) is 18.8 Å². The molecule has 0 saturated heterocycles. The standard InChI is InChI=1S/C23H29N3O2S/c1-14-8-6-10-18(15(14)2)24-20(27)12-7-13-26-23(28)21-17-9-4-5-11-19(17)29-22(21)16(3)25-26/h4-5,9,11,14-15,18H,6-8,10,12-13H2,1-3H3,(H,24,27)/t14-,15+,18-/m1/s1. The van der Waals surface area contributed by atoms with E-state index in [1.54, 1.807) is 11.3 Å². The average molecular weight is 412 g/mol. The fourth-order valence-corrected chi connectivity index (χ4v) is 5.65. The van der Waals surface area contributed by atoms with Crippen LogP contribution in [0.25, 0.3) is 20.2 Å². The highest BCUT2D eigenvalue weighted by Crippen LogP contribution is 2.32. The third-order valence-corrected chi connectivity index (χ3v) is 7.75. The summed E-state index contributed by atoms with van der Waals surface area (Å²) in [5.74, 6) is 1.27. The van der Waals surface area contributed by atoms with E-state index in [1.807, 2.05) is 31.2 Å². The molecular formula is C23H29N3O2S. The predicted octanol–water partition coefficient (Wildman–Crippen LogP) is 4.64. The second kappa shape index (κ2) is 8.27. The van der Waals surface area contributed by atoms with Crippen LogP contribution in [0.4, 0.5) is 0 Å². The Labute approximate surface area is 175 Å². The van der Waals surface area contributed by atoms with Gasteiger partial charge in [-0.25, -0.2) is 4.68 Å². The SMILES string of the molecule is Cc1nn(CCCC(=O)N[C@@H]2CCC[C@@H](C)[C@@H]2C)c(=O)c2c1sc1ccccc12. The van der Waals surface area contributed by atoms with Gasteiger partial charge in [-0.3, -0.25) is 9.59 Å². The van der Waals surface area contributed by atoms with Crippen LogP contribution in [-0.2, 0) is 11.3 Å². The van der Waals surface area contributed by atoms with Gasteiger partial charge in [-0.05, 0) is 37.7 Å². The first-order valence-electron chi connectivity index (χ1n) is 10.6. The molecule has 2 aromatic heterocycles. The fraction of sp³-hybridized carbons (Fsp3) is 0.522. The first kappa shape index (κ1) is 20.1. The van der Waals surface area contributed by atoms with Gasteiger partial charge in [-0.1, -0.05) is 44.9 Å². The molecule has 1 fully saturated rings. The number of rotatable bonds is 5. The molecule has 2 heterocycles. The summed E-state index contributed by atoms with van der Waals surface area (Å²) in [7, 11) is 0. The largest absolute Gasteiger partial charge is 0.353 e. The minimum absolute atomic E-state index is 0.0572. The Morgan fingerprint density at radius 1 is 1.28 bits per heavy atom. The van der Waals surface area contributed by atoms with E-state index >= 15 is 0 Å². The van der Waals surface area contributed by atoms with Crippen molar-refractivity contribution >= 4 is 37.4 Å². The van der Waals surface area contributed by atoms with Crippen molar-refractivity contribution in [3.63, 3.8) is 0 Å². The summed E-state index contributed by atoms with van der Waals surface area (Å²) in [6.45, 7) is 6.92. The Kier molecular flexibility index (Phi) is 5.72. The van der Waals surface area contributed by atoms with Crippen molar-refractivity contribution < 1.29 is 4.79 Å². The lowest BCUT2D eigenvalue weighted by molar-refractivity contribution is -0.122. The average Bonchev–Trinajstić information content (AvgIpc) is 3.10. The first-order valence-corrected chi connectivity index (χ1v) is 11.5. The van der Waals surface area contributed by atoms with Gasteiger partial charge in [0.1, 0.15) is 0 Å². The minimum Gasteiger partial charge on any atom is -0.353 e. The zero-order chi connectivity index (χ0) is 20.5. The summed E-state index contributed by atoms with van der Waals surface area (Å²) in [5.41, 5.74) is 0.813. The normalized spacial score (nSPS) is 22.2. The van der Waals surface area contributed by atoms with E-state index < -0.39 is 0 Å². The highest BCUT2D eigenvalue weighted by atomic mass is 32.1. The van der Waals surface area contributed by atoms with Crippen LogP contribution in [-0.4, -0.2) is 21.7 Å². The lowest BCUT2D eigenvalue weighted by Crippen LogP contribution is -2.43. The molecule has 3 aromatic rings. The molecule has 1 N–H and O–H groups in total. The molecule has 3 atom stereocenters. The number of fused-ring (bicyclic) bond motifs is 3. The Morgan fingerprint density at radius 3 is 2.90 bits per heavy atom. The summed E-state index contributed by atoms with van der Waals surface area (Å²) >= 11 is 1.62. The number of aromatic nitrogens is 2. The van der Waals surface area contributed by atoms with Crippen molar-refractivity contribution in [2.45, 2.75) is 65.5 Å². The molecule has 4 rings (SSSR count). The van der Waals surface area contributed by atoms with Crippen LogP contribution >= 0.6 is 11.3 Å². The zero-order valence-corrected chi connectivity index (χ0v) is 18.2. The van der Waals surface area contributed by atoms with Gasteiger partial charge in [0.05, 0.1) is 15.8 Å². The third-order valence-electron chi connectivity index (χ3n) is 6.47. The molecule has 1 aromatic carbocycles. The van der Waals surface area contributed by atoms with Gasteiger partial charge in [0.25, 0.3) is 5.56 Å². The Hall–Kier alpha value is -2.21. The third kappa shape index (κ3) is 3.95. The van der Waals surface area contributed by atoms with Gasteiger partial charge in [0.2, 0.25) is 5.91 Å². The molecule has 154 valence electrons. The quantitative estimate of drug-likeness (QED) is 0.665. The Bertz CT molecular complexity index is 1100. The molecule has 0 unspecified atom stereocenters. The monoisotopic (exact) mass is 411 g/mol. The van der Waals surface area contributed by atoms with Crippen LogP contribution in [0.1, 0.15) is 51.6 Å². The molecular weight excluding hydrogens is 382 g/mol. The highest BCUT2D eigenvalue weighted by molar-refractivity contribution is 7.26. The van der Waals surface area contributed by atoms with Gasteiger partial charge in [-0.2, -0.15) is 5.10 Å². The Morgan fingerprint density at radius 2 is 2.07 bits per heavy atom. The van der Waals surface area contributed by atoms with E-state index in [0.29, 0.717) is 31.2 Å².